The molecule has 2 heterocycles. The Kier molecular flexibility index (Phi) is 3.76. The molecule has 1 aliphatic carbocycles. The molecule has 2 aromatic rings. The molecule has 0 saturated heterocycles. The van der Waals surface area contributed by atoms with Crippen molar-refractivity contribution in [2.45, 2.75) is 32.9 Å². The van der Waals surface area contributed by atoms with Gasteiger partial charge in [-0.25, -0.2) is 9.67 Å². The maximum Gasteiger partial charge on any atom is 0.291 e. The van der Waals surface area contributed by atoms with Crippen LogP contribution in [0.15, 0.2) is 16.4 Å². The van der Waals surface area contributed by atoms with E-state index in [2.05, 4.69) is 15.4 Å². The van der Waals surface area contributed by atoms with Crippen LogP contribution < -0.4 is 10.9 Å². The molecule has 106 valence electrons. The number of thiazole rings is 1. The standard InChI is InChI=1S/C13H15ClN4OS/c1-8-17-10(7-20-8)4-15-12-11(14)5-16-18(13(12)19)6-9-2-3-9/h5,7,9,15H,2-4,6H2,1H3. The summed E-state index contributed by atoms with van der Waals surface area (Å²) in [6.45, 7) is 3.13. The predicted molar refractivity (Wildman–Crippen MR) is 80.4 cm³/mol. The number of aromatic nitrogens is 3. The van der Waals surface area contributed by atoms with E-state index in [1.54, 1.807) is 11.3 Å². The van der Waals surface area contributed by atoms with Gasteiger partial charge in [-0.1, -0.05) is 11.6 Å². The van der Waals surface area contributed by atoms with Gasteiger partial charge in [-0.2, -0.15) is 5.10 Å². The highest BCUT2D eigenvalue weighted by Gasteiger charge is 2.23. The van der Waals surface area contributed by atoms with Crippen LogP contribution in [0.2, 0.25) is 5.02 Å². The number of halogens is 1. The zero-order valence-corrected chi connectivity index (χ0v) is 12.7. The Labute approximate surface area is 125 Å². The number of nitrogens with one attached hydrogen (secondary N) is 1. The summed E-state index contributed by atoms with van der Waals surface area (Å²) in [7, 11) is 0. The predicted octanol–water partition coefficient (Wildman–Crippen LogP) is 2.68. The maximum absolute atomic E-state index is 12.3. The Hall–Kier alpha value is -1.40. The van der Waals surface area contributed by atoms with Crippen molar-refractivity contribution in [2.75, 3.05) is 5.32 Å². The van der Waals surface area contributed by atoms with Gasteiger partial charge in [0.1, 0.15) is 5.69 Å². The van der Waals surface area contributed by atoms with Gasteiger partial charge in [0, 0.05) is 11.9 Å². The molecule has 20 heavy (non-hydrogen) atoms. The molecule has 0 bridgehead atoms. The van der Waals surface area contributed by atoms with E-state index in [1.807, 2.05) is 12.3 Å². The average molecular weight is 311 g/mol. The number of hydrogen-bond acceptors (Lipinski definition) is 5. The van der Waals surface area contributed by atoms with E-state index in [1.165, 1.54) is 23.7 Å². The summed E-state index contributed by atoms with van der Waals surface area (Å²) in [6.07, 6.45) is 3.88. The second-order valence-electron chi connectivity index (χ2n) is 5.01. The first-order valence-corrected chi connectivity index (χ1v) is 7.79. The van der Waals surface area contributed by atoms with Gasteiger partial charge in [0.25, 0.3) is 5.56 Å². The highest BCUT2D eigenvalue weighted by molar-refractivity contribution is 7.09. The molecule has 1 fully saturated rings. The van der Waals surface area contributed by atoms with Gasteiger partial charge in [0.15, 0.2) is 0 Å². The first kappa shape index (κ1) is 13.6. The molecule has 0 spiro atoms. The van der Waals surface area contributed by atoms with Crippen LogP contribution >= 0.6 is 22.9 Å². The fourth-order valence-corrected chi connectivity index (χ4v) is 2.78. The lowest BCUT2D eigenvalue weighted by Crippen LogP contribution is -2.26. The Bertz CT molecular complexity index is 677. The topological polar surface area (TPSA) is 59.8 Å². The minimum Gasteiger partial charge on any atom is -0.374 e. The number of hydrogen-bond donors (Lipinski definition) is 1. The van der Waals surface area contributed by atoms with Crippen molar-refractivity contribution >= 4 is 28.6 Å². The molecule has 1 aliphatic rings. The van der Waals surface area contributed by atoms with Crippen LogP contribution in [-0.4, -0.2) is 14.8 Å². The van der Waals surface area contributed by atoms with Gasteiger partial charge in [-0.15, -0.1) is 11.3 Å². The monoisotopic (exact) mass is 310 g/mol. The number of anilines is 1. The Morgan fingerprint density at radius 2 is 2.35 bits per heavy atom. The zero-order valence-electron chi connectivity index (χ0n) is 11.1. The SMILES string of the molecule is Cc1nc(CNc2c(Cl)cnn(CC3CC3)c2=O)cs1. The van der Waals surface area contributed by atoms with Gasteiger partial charge < -0.3 is 5.32 Å². The molecule has 0 radical (unpaired) electrons. The van der Waals surface area contributed by atoms with E-state index < -0.39 is 0 Å². The van der Waals surface area contributed by atoms with Crippen LogP contribution in [-0.2, 0) is 13.1 Å². The molecule has 0 aromatic carbocycles. The summed E-state index contributed by atoms with van der Waals surface area (Å²) in [5.41, 5.74) is 1.16. The fourth-order valence-electron chi connectivity index (χ4n) is 1.97. The molecule has 3 rings (SSSR count). The summed E-state index contributed by atoms with van der Waals surface area (Å²) in [5, 5.41) is 10.5. The van der Waals surface area contributed by atoms with Crippen LogP contribution in [0.5, 0.6) is 0 Å². The molecule has 1 N–H and O–H groups in total. The maximum atomic E-state index is 12.3. The lowest BCUT2D eigenvalue weighted by atomic mass is 10.4. The van der Waals surface area contributed by atoms with E-state index in [0.717, 1.165) is 10.7 Å². The first-order chi connectivity index (χ1) is 9.63. The van der Waals surface area contributed by atoms with Crippen LogP contribution in [0, 0.1) is 12.8 Å². The van der Waals surface area contributed by atoms with Crippen molar-refractivity contribution in [2.24, 2.45) is 5.92 Å². The van der Waals surface area contributed by atoms with Crippen molar-refractivity contribution in [3.8, 4) is 0 Å². The summed E-state index contributed by atoms with van der Waals surface area (Å²) in [5.74, 6) is 0.593. The van der Waals surface area contributed by atoms with Gasteiger partial charge in [-0.05, 0) is 25.7 Å². The van der Waals surface area contributed by atoms with Crippen LogP contribution in [0.25, 0.3) is 0 Å². The Morgan fingerprint density at radius 3 is 3.00 bits per heavy atom. The molecule has 2 aromatic heterocycles. The number of rotatable bonds is 5. The number of nitrogens with zero attached hydrogens (tertiary/aromatic N) is 3. The van der Waals surface area contributed by atoms with Crippen LogP contribution in [0.4, 0.5) is 5.69 Å². The second kappa shape index (κ2) is 5.54. The van der Waals surface area contributed by atoms with Crippen LogP contribution in [0.3, 0.4) is 0 Å². The third kappa shape index (κ3) is 3.02. The van der Waals surface area contributed by atoms with E-state index in [-0.39, 0.29) is 5.56 Å². The first-order valence-electron chi connectivity index (χ1n) is 6.54. The normalized spacial score (nSPS) is 14.5. The molecular weight excluding hydrogens is 296 g/mol. The summed E-state index contributed by atoms with van der Waals surface area (Å²) in [4.78, 5) is 16.7. The molecule has 0 unspecified atom stereocenters. The van der Waals surface area contributed by atoms with Gasteiger partial charge >= 0.3 is 0 Å². The summed E-state index contributed by atoms with van der Waals surface area (Å²) >= 11 is 7.66. The third-order valence-electron chi connectivity index (χ3n) is 3.24. The molecule has 0 aliphatic heterocycles. The van der Waals surface area contributed by atoms with Crippen molar-refractivity contribution in [3.05, 3.63) is 37.7 Å². The highest BCUT2D eigenvalue weighted by Crippen LogP contribution is 2.30. The third-order valence-corrected chi connectivity index (χ3v) is 4.35. The minimum atomic E-state index is -0.156. The molecular formula is C13H15ClN4OS. The lowest BCUT2D eigenvalue weighted by Gasteiger charge is -2.09. The van der Waals surface area contributed by atoms with E-state index in [0.29, 0.717) is 29.7 Å². The van der Waals surface area contributed by atoms with Gasteiger partial charge in [0.2, 0.25) is 0 Å². The fraction of sp³-hybridized carbons (Fsp3) is 0.462. The lowest BCUT2D eigenvalue weighted by molar-refractivity contribution is 0.534. The zero-order chi connectivity index (χ0) is 14.1. The minimum absolute atomic E-state index is 0.156. The largest absolute Gasteiger partial charge is 0.374 e. The van der Waals surface area contributed by atoms with Crippen molar-refractivity contribution < 1.29 is 0 Å². The van der Waals surface area contributed by atoms with E-state index >= 15 is 0 Å². The van der Waals surface area contributed by atoms with E-state index in [4.69, 9.17) is 11.6 Å². The quantitative estimate of drug-likeness (QED) is 0.922. The summed E-state index contributed by atoms with van der Waals surface area (Å²) < 4.78 is 1.50. The molecule has 0 atom stereocenters. The molecule has 0 amide bonds. The highest BCUT2D eigenvalue weighted by atomic mass is 35.5. The molecule has 1 saturated carbocycles. The number of aryl methyl sites for hydroxylation is 1. The Balaban J connectivity index is 1.78. The van der Waals surface area contributed by atoms with Gasteiger partial charge in [0.05, 0.1) is 28.5 Å². The van der Waals surface area contributed by atoms with Crippen LogP contribution in [0.1, 0.15) is 23.5 Å². The second-order valence-corrected chi connectivity index (χ2v) is 6.48. The van der Waals surface area contributed by atoms with Crippen molar-refractivity contribution in [3.63, 3.8) is 0 Å². The average Bonchev–Trinajstić information content (AvgIpc) is 3.14. The van der Waals surface area contributed by atoms with Crippen molar-refractivity contribution in [1.29, 1.82) is 0 Å². The van der Waals surface area contributed by atoms with E-state index in [9.17, 15) is 4.79 Å². The summed E-state index contributed by atoms with van der Waals surface area (Å²) in [6, 6.07) is 0. The molecule has 7 heteroatoms. The molecule has 5 nitrogen and oxygen atoms in total. The Morgan fingerprint density at radius 1 is 1.55 bits per heavy atom. The van der Waals surface area contributed by atoms with Gasteiger partial charge in [-0.3, -0.25) is 4.79 Å². The van der Waals surface area contributed by atoms with Crippen molar-refractivity contribution in [1.82, 2.24) is 14.8 Å². The smallest absolute Gasteiger partial charge is 0.291 e.